The lowest BCUT2D eigenvalue weighted by Crippen LogP contribution is -2.13. The van der Waals surface area contributed by atoms with Crippen LogP contribution >= 0.6 is 0 Å². The SMILES string of the molecule is COc1cccc(COc2ccc(N)c(C(N)=O)c2)c1. The molecule has 2 aromatic carbocycles. The number of amides is 1. The van der Waals surface area contributed by atoms with Crippen molar-refractivity contribution < 1.29 is 14.3 Å². The van der Waals surface area contributed by atoms with E-state index in [1.54, 1.807) is 19.2 Å². The average molecular weight is 272 g/mol. The molecule has 0 bridgehead atoms. The molecule has 20 heavy (non-hydrogen) atoms. The minimum absolute atomic E-state index is 0.258. The first-order valence-corrected chi connectivity index (χ1v) is 6.05. The first-order chi connectivity index (χ1) is 9.60. The Labute approximate surface area is 117 Å². The maximum atomic E-state index is 11.2. The number of primary amides is 1. The molecule has 0 radical (unpaired) electrons. The highest BCUT2D eigenvalue weighted by molar-refractivity contribution is 5.98. The van der Waals surface area contributed by atoms with Crippen LogP contribution in [0.4, 0.5) is 5.69 Å². The third-order valence-electron chi connectivity index (χ3n) is 2.83. The molecular formula is C15H16N2O3. The monoisotopic (exact) mass is 272 g/mol. The molecule has 0 unspecified atom stereocenters. The van der Waals surface area contributed by atoms with Crippen LogP contribution < -0.4 is 20.9 Å². The largest absolute Gasteiger partial charge is 0.497 e. The number of anilines is 1. The second kappa shape index (κ2) is 5.97. The molecule has 2 aromatic rings. The quantitative estimate of drug-likeness (QED) is 0.814. The van der Waals surface area contributed by atoms with Crippen LogP contribution in [0.25, 0.3) is 0 Å². The smallest absolute Gasteiger partial charge is 0.250 e. The highest BCUT2D eigenvalue weighted by Crippen LogP contribution is 2.21. The highest BCUT2D eigenvalue weighted by atomic mass is 16.5. The van der Waals surface area contributed by atoms with Gasteiger partial charge in [0.25, 0.3) is 5.91 Å². The summed E-state index contributed by atoms with van der Waals surface area (Å²) in [6.07, 6.45) is 0. The van der Waals surface area contributed by atoms with Crippen molar-refractivity contribution in [2.75, 3.05) is 12.8 Å². The molecule has 2 rings (SSSR count). The van der Waals surface area contributed by atoms with Crippen molar-refractivity contribution in [1.29, 1.82) is 0 Å². The summed E-state index contributed by atoms with van der Waals surface area (Å²) in [4.78, 5) is 11.2. The number of carbonyl (C=O) groups is 1. The molecule has 0 atom stereocenters. The molecule has 0 fully saturated rings. The molecule has 5 nitrogen and oxygen atoms in total. The molecule has 0 aromatic heterocycles. The van der Waals surface area contributed by atoms with Crippen LogP contribution in [0, 0.1) is 0 Å². The van der Waals surface area contributed by atoms with E-state index in [1.165, 1.54) is 6.07 Å². The number of nitrogen functional groups attached to an aromatic ring is 1. The number of benzene rings is 2. The minimum Gasteiger partial charge on any atom is -0.497 e. The van der Waals surface area contributed by atoms with Gasteiger partial charge in [-0.2, -0.15) is 0 Å². The van der Waals surface area contributed by atoms with E-state index in [2.05, 4.69) is 0 Å². The third kappa shape index (κ3) is 3.20. The van der Waals surface area contributed by atoms with Gasteiger partial charge < -0.3 is 20.9 Å². The Bertz CT molecular complexity index is 626. The normalized spacial score (nSPS) is 10.1. The van der Waals surface area contributed by atoms with Crippen molar-refractivity contribution in [1.82, 2.24) is 0 Å². The number of hydrogen-bond acceptors (Lipinski definition) is 4. The van der Waals surface area contributed by atoms with Gasteiger partial charge in [-0.1, -0.05) is 12.1 Å². The Kier molecular flexibility index (Phi) is 4.10. The van der Waals surface area contributed by atoms with Gasteiger partial charge in [-0.05, 0) is 35.9 Å². The van der Waals surface area contributed by atoms with Gasteiger partial charge in [0.2, 0.25) is 0 Å². The number of rotatable bonds is 5. The van der Waals surface area contributed by atoms with Gasteiger partial charge in [0.05, 0.1) is 12.7 Å². The molecule has 0 saturated heterocycles. The molecule has 4 N–H and O–H groups in total. The van der Waals surface area contributed by atoms with Crippen LogP contribution in [0.3, 0.4) is 0 Å². The van der Waals surface area contributed by atoms with Crippen molar-refractivity contribution in [3.63, 3.8) is 0 Å². The minimum atomic E-state index is -0.575. The van der Waals surface area contributed by atoms with Crippen molar-refractivity contribution in [2.24, 2.45) is 5.73 Å². The van der Waals surface area contributed by atoms with Crippen LogP contribution in [-0.2, 0) is 6.61 Å². The van der Waals surface area contributed by atoms with Crippen LogP contribution in [0.5, 0.6) is 11.5 Å². The summed E-state index contributed by atoms with van der Waals surface area (Å²) in [6, 6.07) is 12.4. The summed E-state index contributed by atoms with van der Waals surface area (Å²) in [7, 11) is 1.61. The van der Waals surface area contributed by atoms with Gasteiger partial charge in [0, 0.05) is 5.69 Å². The lowest BCUT2D eigenvalue weighted by atomic mass is 10.1. The second-order valence-electron chi connectivity index (χ2n) is 4.25. The van der Waals surface area contributed by atoms with Gasteiger partial charge in [-0.3, -0.25) is 4.79 Å². The number of hydrogen-bond donors (Lipinski definition) is 2. The topological polar surface area (TPSA) is 87.6 Å². The van der Waals surface area contributed by atoms with E-state index in [1.807, 2.05) is 24.3 Å². The fourth-order valence-corrected chi connectivity index (χ4v) is 1.77. The molecular weight excluding hydrogens is 256 g/mol. The standard InChI is InChI=1S/C15H16N2O3/c1-19-11-4-2-3-10(7-11)9-20-12-5-6-14(16)13(8-12)15(17)18/h2-8H,9,16H2,1H3,(H2,17,18). The van der Waals surface area contributed by atoms with E-state index in [9.17, 15) is 4.79 Å². The summed E-state index contributed by atoms with van der Waals surface area (Å²) in [5, 5.41) is 0. The summed E-state index contributed by atoms with van der Waals surface area (Å²) >= 11 is 0. The molecule has 0 aliphatic rings. The van der Waals surface area contributed by atoms with Gasteiger partial charge in [-0.25, -0.2) is 0 Å². The van der Waals surface area contributed by atoms with E-state index < -0.39 is 5.91 Å². The van der Waals surface area contributed by atoms with Crippen LogP contribution in [0.15, 0.2) is 42.5 Å². The molecule has 0 saturated carbocycles. The average Bonchev–Trinajstić information content (AvgIpc) is 2.46. The highest BCUT2D eigenvalue weighted by Gasteiger charge is 2.07. The maximum absolute atomic E-state index is 11.2. The number of carbonyl (C=O) groups excluding carboxylic acids is 1. The van der Waals surface area contributed by atoms with E-state index in [4.69, 9.17) is 20.9 Å². The molecule has 104 valence electrons. The fraction of sp³-hybridized carbons (Fsp3) is 0.133. The zero-order valence-electron chi connectivity index (χ0n) is 11.1. The van der Waals surface area contributed by atoms with Crippen LogP contribution in [0.2, 0.25) is 0 Å². The van der Waals surface area contributed by atoms with Crippen LogP contribution in [-0.4, -0.2) is 13.0 Å². The van der Waals surface area contributed by atoms with E-state index >= 15 is 0 Å². The predicted molar refractivity (Wildman–Crippen MR) is 76.7 cm³/mol. The second-order valence-corrected chi connectivity index (χ2v) is 4.25. The van der Waals surface area contributed by atoms with Crippen molar-refractivity contribution in [2.45, 2.75) is 6.61 Å². The summed E-state index contributed by atoms with van der Waals surface area (Å²) in [5.41, 5.74) is 12.5. The van der Waals surface area contributed by atoms with Crippen LogP contribution in [0.1, 0.15) is 15.9 Å². The molecule has 0 aliphatic carbocycles. The zero-order valence-corrected chi connectivity index (χ0v) is 11.1. The molecule has 1 amide bonds. The third-order valence-corrected chi connectivity index (χ3v) is 2.83. The van der Waals surface area contributed by atoms with Gasteiger partial charge in [0.15, 0.2) is 0 Å². The Morgan fingerprint density at radius 1 is 1.15 bits per heavy atom. The number of methoxy groups -OCH3 is 1. The van der Waals surface area contributed by atoms with Crippen molar-refractivity contribution in [3.05, 3.63) is 53.6 Å². The van der Waals surface area contributed by atoms with E-state index in [0.717, 1.165) is 11.3 Å². The van der Waals surface area contributed by atoms with Gasteiger partial charge >= 0.3 is 0 Å². The molecule has 0 heterocycles. The predicted octanol–water partition coefficient (Wildman–Crippen LogP) is 1.96. The fourth-order valence-electron chi connectivity index (χ4n) is 1.77. The maximum Gasteiger partial charge on any atom is 0.250 e. The Morgan fingerprint density at radius 3 is 2.65 bits per heavy atom. The summed E-state index contributed by atoms with van der Waals surface area (Å²) < 4.78 is 10.8. The Hall–Kier alpha value is -2.69. The molecule has 0 spiro atoms. The van der Waals surface area contributed by atoms with Crippen molar-refractivity contribution >= 4 is 11.6 Å². The lowest BCUT2D eigenvalue weighted by molar-refractivity contribution is 0.100. The summed E-state index contributed by atoms with van der Waals surface area (Å²) in [5.74, 6) is 0.728. The van der Waals surface area contributed by atoms with Gasteiger partial charge in [0.1, 0.15) is 18.1 Å². The first kappa shape index (κ1) is 13.7. The lowest BCUT2D eigenvalue weighted by Gasteiger charge is -2.09. The summed E-state index contributed by atoms with van der Waals surface area (Å²) in [6.45, 7) is 0.360. The molecule has 0 aliphatic heterocycles. The Morgan fingerprint density at radius 2 is 1.95 bits per heavy atom. The Balaban J connectivity index is 2.10. The van der Waals surface area contributed by atoms with E-state index in [-0.39, 0.29) is 5.56 Å². The molecule has 5 heteroatoms. The van der Waals surface area contributed by atoms with Gasteiger partial charge in [-0.15, -0.1) is 0 Å². The zero-order chi connectivity index (χ0) is 14.5. The number of nitrogens with two attached hydrogens (primary N) is 2. The number of ether oxygens (including phenoxy) is 2. The van der Waals surface area contributed by atoms with Crippen molar-refractivity contribution in [3.8, 4) is 11.5 Å². The first-order valence-electron chi connectivity index (χ1n) is 6.05. The van der Waals surface area contributed by atoms with E-state index in [0.29, 0.717) is 18.0 Å².